The highest BCUT2D eigenvalue weighted by Gasteiger charge is 2.23. The minimum atomic E-state index is -0.215. The molecule has 0 aliphatic heterocycles. The van der Waals surface area contributed by atoms with Gasteiger partial charge in [0.1, 0.15) is 6.04 Å². The van der Waals surface area contributed by atoms with Crippen LogP contribution in [0.5, 0.6) is 0 Å². The van der Waals surface area contributed by atoms with Gasteiger partial charge in [-0.3, -0.25) is 4.79 Å². The molecule has 0 aliphatic carbocycles. The van der Waals surface area contributed by atoms with E-state index in [-0.39, 0.29) is 17.9 Å². The SMILES string of the molecule is C=CCN[C@H](C(=O)OC)[C@@H](C)CC. The van der Waals surface area contributed by atoms with Gasteiger partial charge < -0.3 is 10.1 Å². The van der Waals surface area contributed by atoms with Crippen molar-refractivity contribution in [2.45, 2.75) is 26.3 Å². The molecule has 0 amide bonds. The van der Waals surface area contributed by atoms with Crippen molar-refractivity contribution in [3.05, 3.63) is 12.7 Å². The van der Waals surface area contributed by atoms with Crippen molar-refractivity contribution in [2.24, 2.45) is 5.92 Å². The van der Waals surface area contributed by atoms with E-state index in [2.05, 4.69) is 18.8 Å². The summed E-state index contributed by atoms with van der Waals surface area (Å²) < 4.78 is 4.70. The predicted molar refractivity (Wildman–Crippen MR) is 53.5 cm³/mol. The Morgan fingerprint density at radius 1 is 1.69 bits per heavy atom. The van der Waals surface area contributed by atoms with E-state index in [0.717, 1.165) is 6.42 Å². The Morgan fingerprint density at radius 2 is 2.31 bits per heavy atom. The first-order valence-electron chi connectivity index (χ1n) is 4.59. The number of methoxy groups -OCH3 is 1. The summed E-state index contributed by atoms with van der Waals surface area (Å²) >= 11 is 0. The molecule has 76 valence electrons. The van der Waals surface area contributed by atoms with Crippen molar-refractivity contribution in [2.75, 3.05) is 13.7 Å². The van der Waals surface area contributed by atoms with Gasteiger partial charge in [-0.15, -0.1) is 6.58 Å². The number of hydrogen-bond donors (Lipinski definition) is 1. The first kappa shape index (κ1) is 12.2. The first-order chi connectivity index (χ1) is 6.17. The van der Waals surface area contributed by atoms with Crippen LogP contribution < -0.4 is 5.32 Å². The lowest BCUT2D eigenvalue weighted by Crippen LogP contribution is -2.42. The van der Waals surface area contributed by atoms with Crippen molar-refractivity contribution >= 4 is 5.97 Å². The van der Waals surface area contributed by atoms with Crippen LogP contribution in [0, 0.1) is 5.92 Å². The Bertz CT molecular complexity index is 168. The molecule has 3 nitrogen and oxygen atoms in total. The molecular weight excluding hydrogens is 166 g/mol. The molecule has 0 spiro atoms. The molecule has 0 saturated carbocycles. The molecule has 0 rings (SSSR count). The zero-order valence-electron chi connectivity index (χ0n) is 8.67. The van der Waals surface area contributed by atoms with Crippen LogP contribution in [0.25, 0.3) is 0 Å². The van der Waals surface area contributed by atoms with Crippen LogP contribution in [0.3, 0.4) is 0 Å². The normalized spacial score (nSPS) is 14.7. The van der Waals surface area contributed by atoms with Crippen molar-refractivity contribution in [1.29, 1.82) is 0 Å². The standard InChI is InChI=1S/C10H19NO2/c1-5-7-11-9(8(3)6-2)10(12)13-4/h5,8-9,11H,1,6-7H2,2-4H3/t8-,9-/m0/s1. The summed E-state index contributed by atoms with van der Waals surface area (Å²) in [6, 6.07) is -0.215. The summed E-state index contributed by atoms with van der Waals surface area (Å²) in [5.41, 5.74) is 0. The van der Waals surface area contributed by atoms with Crippen molar-refractivity contribution in [1.82, 2.24) is 5.32 Å². The van der Waals surface area contributed by atoms with Crippen LogP contribution in [0.4, 0.5) is 0 Å². The Kier molecular flexibility index (Phi) is 6.24. The van der Waals surface area contributed by atoms with Crippen LogP contribution in [-0.2, 0) is 9.53 Å². The zero-order chi connectivity index (χ0) is 10.3. The number of rotatable bonds is 6. The van der Waals surface area contributed by atoms with E-state index in [4.69, 9.17) is 4.74 Å². The maximum Gasteiger partial charge on any atom is 0.323 e. The highest BCUT2D eigenvalue weighted by molar-refractivity contribution is 5.75. The van der Waals surface area contributed by atoms with E-state index in [1.54, 1.807) is 6.08 Å². The van der Waals surface area contributed by atoms with E-state index in [9.17, 15) is 4.79 Å². The molecule has 0 saturated heterocycles. The first-order valence-corrected chi connectivity index (χ1v) is 4.59. The maximum absolute atomic E-state index is 11.3. The summed E-state index contributed by atoms with van der Waals surface area (Å²) in [5, 5.41) is 3.08. The molecule has 0 unspecified atom stereocenters. The highest BCUT2D eigenvalue weighted by Crippen LogP contribution is 2.08. The number of esters is 1. The van der Waals surface area contributed by atoms with Gasteiger partial charge in [-0.2, -0.15) is 0 Å². The molecule has 0 fully saturated rings. The predicted octanol–water partition coefficient (Wildman–Crippen LogP) is 1.35. The second-order valence-electron chi connectivity index (χ2n) is 3.08. The molecule has 13 heavy (non-hydrogen) atoms. The summed E-state index contributed by atoms with van der Waals surface area (Å²) in [6.45, 7) is 8.29. The Hall–Kier alpha value is -0.830. The monoisotopic (exact) mass is 185 g/mol. The largest absolute Gasteiger partial charge is 0.468 e. The van der Waals surface area contributed by atoms with Gasteiger partial charge >= 0.3 is 5.97 Å². The molecule has 0 aromatic heterocycles. The van der Waals surface area contributed by atoms with Gasteiger partial charge in [0.05, 0.1) is 7.11 Å². The minimum absolute atomic E-state index is 0.198. The van der Waals surface area contributed by atoms with E-state index in [0.29, 0.717) is 6.54 Å². The maximum atomic E-state index is 11.3. The van der Waals surface area contributed by atoms with E-state index in [1.807, 2.05) is 6.92 Å². The van der Waals surface area contributed by atoms with Crippen LogP contribution in [0.2, 0.25) is 0 Å². The van der Waals surface area contributed by atoms with Crippen molar-refractivity contribution in [3.63, 3.8) is 0 Å². The molecule has 2 atom stereocenters. The molecule has 0 aliphatic rings. The minimum Gasteiger partial charge on any atom is -0.468 e. The number of carbonyl (C=O) groups is 1. The lowest BCUT2D eigenvalue weighted by molar-refractivity contribution is -0.144. The van der Waals surface area contributed by atoms with Crippen molar-refractivity contribution < 1.29 is 9.53 Å². The molecule has 3 heteroatoms. The quantitative estimate of drug-likeness (QED) is 0.501. The van der Waals surface area contributed by atoms with Crippen molar-refractivity contribution in [3.8, 4) is 0 Å². The zero-order valence-corrected chi connectivity index (χ0v) is 8.67. The summed E-state index contributed by atoms with van der Waals surface area (Å²) in [6.07, 6.45) is 2.68. The third kappa shape index (κ3) is 4.08. The van der Waals surface area contributed by atoms with Gasteiger partial charge in [0.15, 0.2) is 0 Å². The highest BCUT2D eigenvalue weighted by atomic mass is 16.5. The number of nitrogens with one attached hydrogen (secondary N) is 1. The summed E-state index contributed by atoms with van der Waals surface area (Å²) in [5.74, 6) is 0.0867. The lowest BCUT2D eigenvalue weighted by atomic mass is 9.99. The smallest absolute Gasteiger partial charge is 0.323 e. The molecule has 0 aromatic carbocycles. The van der Waals surface area contributed by atoms with E-state index >= 15 is 0 Å². The molecule has 1 N–H and O–H groups in total. The Morgan fingerprint density at radius 3 is 2.69 bits per heavy atom. The number of carbonyl (C=O) groups excluding carboxylic acids is 1. The topological polar surface area (TPSA) is 38.3 Å². The molecule has 0 bridgehead atoms. The fourth-order valence-electron chi connectivity index (χ4n) is 1.09. The number of ether oxygens (including phenoxy) is 1. The fourth-order valence-corrected chi connectivity index (χ4v) is 1.09. The molecule has 0 heterocycles. The van der Waals surface area contributed by atoms with Gasteiger partial charge in [-0.05, 0) is 5.92 Å². The third-order valence-electron chi connectivity index (χ3n) is 2.15. The second-order valence-corrected chi connectivity index (χ2v) is 3.08. The van der Waals surface area contributed by atoms with Crippen LogP contribution in [-0.4, -0.2) is 25.7 Å². The molecule has 0 aromatic rings. The van der Waals surface area contributed by atoms with Gasteiger partial charge in [0.2, 0.25) is 0 Å². The average molecular weight is 185 g/mol. The van der Waals surface area contributed by atoms with E-state index in [1.165, 1.54) is 7.11 Å². The van der Waals surface area contributed by atoms with Crippen LogP contribution in [0.1, 0.15) is 20.3 Å². The second kappa shape index (κ2) is 6.66. The number of hydrogen-bond acceptors (Lipinski definition) is 3. The summed E-state index contributed by atoms with van der Waals surface area (Å²) in [7, 11) is 1.41. The third-order valence-corrected chi connectivity index (χ3v) is 2.15. The molecular formula is C10H19NO2. The fraction of sp³-hybridized carbons (Fsp3) is 0.700. The Balaban J connectivity index is 4.17. The van der Waals surface area contributed by atoms with E-state index < -0.39 is 0 Å². The Labute approximate surface area is 80.2 Å². The van der Waals surface area contributed by atoms with Crippen LogP contribution >= 0.6 is 0 Å². The average Bonchev–Trinajstić information content (AvgIpc) is 2.17. The van der Waals surface area contributed by atoms with Gasteiger partial charge in [0, 0.05) is 6.54 Å². The van der Waals surface area contributed by atoms with Gasteiger partial charge in [-0.25, -0.2) is 0 Å². The van der Waals surface area contributed by atoms with Crippen LogP contribution in [0.15, 0.2) is 12.7 Å². The molecule has 0 radical (unpaired) electrons. The summed E-state index contributed by atoms with van der Waals surface area (Å²) in [4.78, 5) is 11.3. The van der Waals surface area contributed by atoms with Gasteiger partial charge in [-0.1, -0.05) is 26.3 Å². The lowest BCUT2D eigenvalue weighted by Gasteiger charge is -2.20. The van der Waals surface area contributed by atoms with Gasteiger partial charge in [0.25, 0.3) is 0 Å².